The number of nitro benzene ring substituents is 1. The highest BCUT2D eigenvalue weighted by molar-refractivity contribution is 5.32. The first-order valence-electron chi connectivity index (χ1n) is 5.93. The maximum absolute atomic E-state index is 10.5. The zero-order valence-electron chi connectivity index (χ0n) is 11.0. The normalized spacial score (nSPS) is 13.3. The van der Waals surface area contributed by atoms with E-state index in [1.54, 1.807) is 12.1 Å². The second kappa shape index (κ2) is 5.93. The first kappa shape index (κ1) is 14.6. The van der Waals surface area contributed by atoms with Gasteiger partial charge in [-0.1, -0.05) is 32.9 Å². The fourth-order valence-electron chi connectivity index (χ4n) is 1.39. The molecule has 0 aromatic heterocycles. The third kappa shape index (κ3) is 4.43. The summed E-state index contributed by atoms with van der Waals surface area (Å²) in [4.78, 5) is 10.1. The highest BCUT2D eigenvalue weighted by Crippen LogP contribution is 2.18. The molecule has 0 heterocycles. The van der Waals surface area contributed by atoms with E-state index in [0.717, 1.165) is 5.56 Å². The highest BCUT2D eigenvalue weighted by atomic mass is 16.6. The number of benzene rings is 1. The van der Waals surface area contributed by atoms with Gasteiger partial charge in [0.2, 0.25) is 0 Å². The first-order valence-corrected chi connectivity index (χ1v) is 5.93. The first-order chi connectivity index (χ1) is 8.30. The maximum atomic E-state index is 10.5. The third-order valence-corrected chi connectivity index (χ3v) is 2.81. The molecule has 0 spiro atoms. The van der Waals surface area contributed by atoms with Gasteiger partial charge in [0, 0.05) is 25.2 Å². The van der Waals surface area contributed by atoms with Crippen molar-refractivity contribution < 1.29 is 10.0 Å². The Hall–Kier alpha value is -1.46. The van der Waals surface area contributed by atoms with Crippen molar-refractivity contribution in [2.75, 3.05) is 6.54 Å². The number of rotatable bonds is 5. The lowest BCUT2D eigenvalue weighted by molar-refractivity contribution is -0.384. The van der Waals surface area contributed by atoms with Gasteiger partial charge in [0.1, 0.15) is 0 Å². The standard InChI is InChI=1S/C13H20N2O3/c1-13(2,3)12(16)9-14-8-10-4-6-11(7-5-10)15(17)18/h4-7,12,14,16H,8-9H2,1-3H3. The van der Waals surface area contributed by atoms with Crippen molar-refractivity contribution in [1.29, 1.82) is 0 Å². The molecule has 0 saturated heterocycles. The summed E-state index contributed by atoms with van der Waals surface area (Å²) >= 11 is 0. The van der Waals surface area contributed by atoms with Crippen LogP contribution in [0.3, 0.4) is 0 Å². The van der Waals surface area contributed by atoms with Crippen LogP contribution in [0.4, 0.5) is 5.69 Å². The largest absolute Gasteiger partial charge is 0.391 e. The summed E-state index contributed by atoms with van der Waals surface area (Å²) in [6.07, 6.45) is -0.421. The second-order valence-corrected chi connectivity index (χ2v) is 5.44. The number of aliphatic hydroxyl groups is 1. The molecule has 1 rings (SSSR count). The molecule has 0 aliphatic rings. The quantitative estimate of drug-likeness (QED) is 0.621. The van der Waals surface area contributed by atoms with Gasteiger partial charge in [-0.3, -0.25) is 10.1 Å². The van der Waals surface area contributed by atoms with Crippen LogP contribution >= 0.6 is 0 Å². The van der Waals surface area contributed by atoms with E-state index in [2.05, 4.69) is 5.32 Å². The lowest BCUT2D eigenvalue weighted by atomic mass is 9.89. The van der Waals surface area contributed by atoms with E-state index in [9.17, 15) is 15.2 Å². The summed E-state index contributed by atoms with van der Waals surface area (Å²) in [6.45, 7) is 7.02. The monoisotopic (exact) mass is 252 g/mol. The van der Waals surface area contributed by atoms with E-state index in [1.807, 2.05) is 20.8 Å². The molecule has 0 amide bonds. The molecule has 2 N–H and O–H groups in total. The van der Waals surface area contributed by atoms with E-state index < -0.39 is 11.0 Å². The number of non-ortho nitro benzene ring substituents is 1. The summed E-state index contributed by atoms with van der Waals surface area (Å²) in [7, 11) is 0. The maximum Gasteiger partial charge on any atom is 0.269 e. The molecule has 0 saturated carbocycles. The summed E-state index contributed by atoms with van der Waals surface area (Å²) in [6, 6.07) is 6.40. The van der Waals surface area contributed by atoms with E-state index in [-0.39, 0.29) is 11.1 Å². The predicted octanol–water partition coefficient (Wildman–Crippen LogP) is 2.09. The summed E-state index contributed by atoms with van der Waals surface area (Å²) in [5, 5.41) is 23.4. The number of aliphatic hydroxyl groups excluding tert-OH is 1. The molecule has 100 valence electrons. The van der Waals surface area contributed by atoms with Crippen molar-refractivity contribution in [3.63, 3.8) is 0 Å². The molecule has 5 nitrogen and oxygen atoms in total. The fourth-order valence-corrected chi connectivity index (χ4v) is 1.39. The molecule has 5 heteroatoms. The van der Waals surface area contributed by atoms with Gasteiger partial charge in [-0.25, -0.2) is 0 Å². The van der Waals surface area contributed by atoms with Gasteiger partial charge >= 0.3 is 0 Å². The minimum Gasteiger partial charge on any atom is -0.391 e. The number of hydrogen-bond donors (Lipinski definition) is 2. The molecule has 1 atom stereocenters. The van der Waals surface area contributed by atoms with Gasteiger partial charge in [0.05, 0.1) is 11.0 Å². The molecule has 0 aliphatic heterocycles. The van der Waals surface area contributed by atoms with Gasteiger partial charge in [-0.05, 0) is 11.0 Å². The van der Waals surface area contributed by atoms with Crippen LogP contribution in [0.15, 0.2) is 24.3 Å². The molecule has 0 aliphatic carbocycles. The lowest BCUT2D eigenvalue weighted by Gasteiger charge is -2.26. The van der Waals surface area contributed by atoms with Crippen LogP contribution in [0.5, 0.6) is 0 Å². The molecule has 0 bridgehead atoms. The lowest BCUT2D eigenvalue weighted by Crippen LogP contribution is -2.36. The minimum absolute atomic E-state index is 0.0912. The van der Waals surface area contributed by atoms with Crippen LogP contribution < -0.4 is 5.32 Å². The SMILES string of the molecule is CC(C)(C)C(O)CNCc1ccc([N+](=O)[O-])cc1. The van der Waals surface area contributed by atoms with Crippen LogP contribution in [0, 0.1) is 15.5 Å². The Kier molecular flexibility index (Phi) is 4.81. The molecule has 1 aromatic carbocycles. The van der Waals surface area contributed by atoms with Gasteiger partial charge < -0.3 is 10.4 Å². The Morgan fingerprint density at radius 2 is 1.89 bits per heavy atom. The van der Waals surface area contributed by atoms with Crippen molar-refractivity contribution in [3.8, 4) is 0 Å². The average Bonchev–Trinajstić information content (AvgIpc) is 2.28. The third-order valence-electron chi connectivity index (χ3n) is 2.81. The van der Waals surface area contributed by atoms with Crippen LogP contribution in [0.1, 0.15) is 26.3 Å². The average molecular weight is 252 g/mol. The summed E-state index contributed by atoms with van der Waals surface area (Å²) in [5.41, 5.74) is 0.901. The smallest absolute Gasteiger partial charge is 0.269 e. The zero-order valence-corrected chi connectivity index (χ0v) is 11.0. The van der Waals surface area contributed by atoms with Crippen molar-refractivity contribution in [3.05, 3.63) is 39.9 Å². The minimum atomic E-state index is -0.421. The number of nitro groups is 1. The molecule has 0 radical (unpaired) electrons. The van der Waals surface area contributed by atoms with Crippen LogP contribution in [-0.4, -0.2) is 22.7 Å². The van der Waals surface area contributed by atoms with Crippen LogP contribution in [-0.2, 0) is 6.54 Å². The van der Waals surface area contributed by atoms with E-state index in [4.69, 9.17) is 0 Å². The van der Waals surface area contributed by atoms with Gasteiger partial charge in [-0.2, -0.15) is 0 Å². The van der Waals surface area contributed by atoms with Gasteiger partial charge in [-0.15, -0.1) is 0 Å². The molecule has 0 fully saturated rings. The molecule has 1 aromatic rings. The van der Waals surface area contributed by atoms with Gasteiger partial charge in [0.15, 0.2) is 0 Å². The number of hydrogen-bond acceptors (Lipinski definition) is 4. The van der Waals surface area contributed by atoms with Crippen molar-refractivity contribution in [2.24, 2.45) is 5.41 Å². The molecular formula is C13H20N2O3. The topological polar surface area (TPSA) is 75.4 Å². The Morgan fingerprint density at radius 3 is 2.33 bits per heavy atom. The second-order valence-electron chi connectivity index (χ2n) is 5.44. The predicted molar refractivity (Wildman–Crippen MR) is 70.3 cm³/mol. The van der Waals surface area contributed by atoms with Gasteiger partial charge in [0.25, 0.3) is 5.69 Å². The number of nitrogens with zero attached hydrogens (tertiary/aromatic N) is 1. The molecular weight excluding hydrogens is 232 g/mol. The summed E-state index contributed by atoms with van der Waals surface area (Å²) < 4.78 is 0. The fraction of sp³-hybridized carbons (Fsp3) is 0.538. The van der Waals surface area contributed by atoms with E-state index >= 15 is 0 Å². The van der Waals surface area contributed by atoms with Crippen molar-refractivity contribution in [2.45, 2.75) is 33.4 Å². The zero-order chi connectivity index (χ0) is 13.8. The number of nitrogens with one attached hydrogen (secondary N) is 1. The van der Waals surface area contributed by atoms with E-state index in [1.165, 1.54) is 12.1 Å². The van der Waals surface area contributed by atoms with Crippen molar-refractivity contribution in [1.82, 2.24) is 5.32 Å². The van der Waals surface area contributed by atoms with Crippen LogP contribution in [0.2, 0.25) is 0 Å². The molecule has 18 heavy (non-hydrogen) atoms. The summed E-state index contributed by atoms with van der Waals surface area (Å²) in [5.74, 6) is 0. The Labute approximate surface area is 107 Å². The Bertz CT molecular complexity index is 396. The van der Waals surface area contributed by atoms with E-state index in [0.29, 0.717) is 13.1 Å². The van der Waals surface area contributed by atoms with Crippen molar-refractivity contribution >= 4 is 5.69 Å². The highest BCUT2D eigenvalue weighted by Gasteiger charge is 2.21. The Balaban J connectivity index is 2.43. The van der Waals surface area contributed by atoms with Crippen LogP contribution in [0.25, 0.3) is 0 Å². The molecule has 1 unspecified atom stereocenters. The Morgan fingerprint density at radius 1 is 1.33 bits per heavy atom.